The Morgan fingerprint density at radius 2 is 1.92 bits per heavy atom. The quantitative estimate of drug-likeness (QED) is 0.765. The van der Waals surface area contributed by atoms with Gasteiger partial charge in [0.25, 0.3) is 0 Å². The molecule has 1 saturated carbocycles. The summed E-state index contributed by atoms with van der Waals surface area (Å²) in [5.74, 6) is 0.930. The summed E-state index contributed by atoms with van der Waals surface area (Å²) in [6.45, 7) is 0. The van der Waals surface area contributed by atoms with E-state index in [2.05, 4.69) is 56.6 Å². The SMILES string of the molecule is CN(C)C1CCC(Nc2ncnc3ccc(-c4ccn[nH]4)cc23)CC1. The van der Waals surface area contributed by atoms with E-state index in [4.69, 9.17) is 0 Å². The van der Waals surface area contributed by atoms with E-state index >= 15 is 0 Å². The first kappa shape index (κ1) is 16.0. The number of aromatic amines is 1. The van der Waals surface area contributed by atoms with Crippen molar-refractivity contribution in [2.45, 2.75) is 37.8 Å². The fourth-order valence-corrected chi connectivity index (χ4v) is 3.69. The van der Waals surface area contributed by atoms with Gasteiger partial charge in [0.1, 0.15) is 12.1 Å². The number of nitrogens with one attached hydrogen (secondary N) is 2. The highest BCUT2D eigenvalue weighted by atomic mass is 15.1. The van der Waals surface area contributed by atoms with Crippen molar-refractivity contribution in [3.05, 3.63) is 36.8 Å². The van der Waals surface area contributed by atoms with E-state index < -0.39 is 0 Å². The van der Waals surface area contributed by atoms with Crippen molar-refractivity contribution < 1.29 is 0 Å². The zero-order chi connectivity index (χ0) is 17.2. The van der Waals surface area contributed by atoms with E-state index in [1.807, 2.05) is 12.1 Å². The summed E-state index contributed by atoms with van der Waals surface area (Å²) in [5.41, 5.74) is 3.06. The van der Waals surface area contributed by atoms with Gasteiger partial charge < -0.3 is 10.2 Å². The second-order valence-corrected chi connectivity index (χ2v) is 7.04. The lowest BCUT2D eigenvalue weighted by atomic mass is 9.90. The standard InChI is InChI=1S/C19H24N6/c1-25(2)15-6-4-14(5-7-15)23-19-16-11-13(17-9-10-22-24-17)3-8-18(16)20-12-21-19/h3,8-12,14-15H,4-7H2,1-2H3,(H,22,24)(H,20,21,23). The van der Waals surface area contributed by atoms with Crippen molar-refractivity contribution in [2.75, 3.05) is 19.4 Å². The number of aromatic nitrogens is 4. The molecule has 25 heavy (non-hydrogen) atoms. The van der Waals surface area contributed by atoms with Gasteiger partial charge in [0.05, 0.1) is 11.2 Å². The molecule has 0 radical (unpaired) electrons. The van der Waals surface area contributed by atoms with Crippen LogP contribution in [0.5, 0.6) is 0 Å². The van der Waals surface area contributed by atoms with Crippen LogP contribution in [0, 0.1) is 0 Å². The number of rotatable bonds is 4. The summed E-state index contributed by atoms with van der Waals surface area (Å²) in [6.07, 6.45) is 8.22. The number of H-pyrrole nitrogens is 1. The summed E-state index contributed by atoms with van der Waals surface area (Å²) in [4.78, 5) is 11.3. The number of fused-ring (bicyclic) bond motifs is 1. The van der Waals surface area contributed by atoms with Gasteiger partial charge in [0, 0.05) is 29.2 Å². The van der Waals surface area contributed by atoms with Gasteiger partial charge in [-0.25, -0.2) is 9.97 Å². The molecule has 2 heterocycles. The molecule has 0 spiro atoms. The Hall–Kier alpha value is -2.47. The highest BCUT2D eigenvalue weighted by Crippen LogP contribution is 2.29. The van der Waals surface area contributed by atoms with Crippen LogP contribution < -0.4 is 5.32 Å². The maximum absolute atomic E-state index is 4.52. The van der Waals surface area contributed by atoms with Crippen LogP contribution in [-0.2, 0) is 0 Å². The highest BCUT2D eigenvalue weighted by molar-refractivity contribution is 5.92. The van der Waals surface area contributed by atoms with E-state index in [1.165, 1.54) is 25.7 Å². The van der Waals surface area contributed by atoms with Crippen molar-refractivity contribution in [2.24, 2.45) is 0 Å². The van der Waals surface area contributed by atoms with Gasteiger partial charge in [0.2, 0.25) is 0 Å². The van der Waals surface area contributed by atoms with Crippen LogP contribution in [0.2, 0.25) is 0 Å². The van der Waals surface area contributed by atoms with E-state index in [9.17, 15) is 0 Å². The average molecular weight is 336 g/mol. The molecule has 0 unspecified atom stereocenters. The summed E-state index contributed by atoms with van der Waals surface area (Å²) in [6, 6.07) is 9.39. The Morgan fingerprint density at radius 3 is 2.64 bits per heavy atom. The normalized spacial score (nSPS) is 20.9. The first-order valence-corrected chi connectivity index (χ1v) is 8.88. The first-order valence-electron chi connectivity index (χ1n) is 8.88. The zero-order valence-electron chi connectivity index (χ0n) is 14.7. The molecule has 6 heteroatoms. The minimum Gasteiger partial charge on any atom is -0.367 e. The van der Waals surface area contributed by atoms with Gasteiger partial charge >= 0.3 is 0 Å². The van der Waals surface area contributed by atoms with E-state index in [0.29, 0.717) is 12.1 Å². The topological polar surface area (TPSA) is 69.7 Å². The predicted molar refractivity (Wildman–Crippen MR) is 100 cm³/mol. The summed E-state index contributed by atoms with van der Waals surface area (Å²) >= 11 is 0. The van der Waals surface area contributed by atoms with Crippen molar-refractivity contribution >= 4 is 16.7 Å². The van der Waals surface area contributed by atoms with Crippen LogP contribution in [0.1, 0.15) is 25.7 Å². The third-order valence-electron chi connectivity index (χ3n) is 5.21. The van der Waals surface area contributed by atoms with Gasteiger partial charge in [-0.1, -0.05) is 6.07 Å². The smallest absolute Gasteiger partial charge is 0.137 e. The molecular weight excluding hydrogens is 312 g/mol. The maximum Gasteiger partial charge on any atom is 0.137 e. The molecule has 0 bridgehead atoms. The number of nitrogens with zero attached hydrogens (tertiary/aromatic N) is 4. The largest absolute Gasteiger partial charge is 0.367 e. The molecule has 2 N–H and O–H groups in total. The second-order valence-electron chi connectivity index (χ2n) is 7.04. The number of hydrogen-bond acceptors (Lipinski definition) is 5. The first-order chi connectivity index (χ1) is 12.2. The lowest BCUT2D eigenvalue weighted by Crippen LogP contribution is -2.36. The summed E-state index contributed by atoms with van der Waals surface area (Å²) in [5, 5.41) is 11.8. The minimum absolute atomic E-state index is 0.477. The van der Waals surface area contributed by atoms with Crippen LogP contribution in [0.3, 0.4) is 0 Å². The van der Waals surface area contributed by atoms with E-state index in [-0.39, 0.29) is 0 Å². The van der Waals surface area contributed by atoms with E-state index in [1.54, 1.807) is 12.5 Å². The fourth-order valence-electron chi connectivity index (χ4n) is 3.69. The van der Waals surface area contributed by atoms with Crippen molar-refractivity contribution in [1.29, 1.82) is 0 Å². The molecule has 0 atom stereocenters. The van der Waals surface area contributed by atoms with Gasteiger partial charge in [-0.3, -0.25) is 5.10 Å². The Balaban J connectivity index is 1.58. The summed E-state index contributed by atoms with van der Waals surface area (Å²) in [7, 11) is 4.35. The van der Waals surface area contributed by atoms with Gasteiger partial charge in [0.15, 0.2) is 0 Å². The van der Waals surface area contributed by atoms with Crippen molar-refractivity contribution in [3.63, 3.8) is 0 Å². The molecule has 1 aliphatic carbocycles. The molecule has 0 saturated heterocycles. The molecule has 1 fully saturated rings. The molecule has 1 aliphatic rings. The number of hydrogen-bond donors (Lipinski definition) is 2. The molecular formula is C19H24N6. The molecule has 2 aromatic heterocycles. The van der Waals surface area contributed by atoms with Crippen LogP contribution in [0.4, 0.5) is 5.82 Å². The number of benzene rings is 1. The van der Waals surface area contributed by atoms with Gasteiger partial charge in [-0.05, 0) is 58.0 Å². The Labute approximate surface area is 147 Å². The Morgan fingerprint density at radius 1 is 1.08 bits per heavy atom. The molecule has 0 aliphatic heterocycles. The lowest BCUT2D eigenvalue weighted by molar-refractivity contribution is 0.221. The molecule has 130 valence electrons. The third-order valence-corrected chi connectivity index (χ3v) is 5.21. The molecule has 1 aromatic carbocycles. The maximum atomic E-state index is 4.52. The monoisotopic (exact) mass is 336 g/mol. The van der Waals surface area contributed by atoms with Crippen LogP contribution >= 0.6 is 0 Å². The van der Waals surface area contributed by atoms with Crippen molar-refractivity contribution in [1.82, 2.24) is 25.1 Å². The fraction of sp³-hybridized carbons (Fsp3) is 0.421. The third kappa shape index (κ3) is 3.35. The highest BCUT2D eigenvalue weighted by Gasteiger charge is 2.23. The zero-order valence-corrected chi connectivity index (χ0v) is 14.7. The number of anilines is 1. The summed E-state index contributed by atoms with van der Waals surface area (Å²) < 4.78 is 0. The molecule has 0 amide bonds. The van der Waals surface area contributed by atoms with Crippen LogP contribution in [-0.4, -0.2) is 51.2 Å². The Bertz CT molecular complexity index is 834. The molecule has 3 aromatic rings. The minimum atomic E-state index is 0.477. The van der Waals surface area contributed by atoms with Crippen molar-refractivity contribution in [3.8, 4) is 11.3 Å². The van der Waals surface area contributed by atoms with Crippen LogP contribution in [0.25, 0.3) is 22.2 Å². The van der Waals surface area contributed by atoms with Crippen LogP contribution in [0.15, 0.2) is 36.8 Å². The predicted octanol–water partition coefficient (Wildman–Crippen LogP) is 3.30. The van der Waals surface area contributed by atoms with Gasteiger partial charge in [-0.2, -0.15) is 5.10 Å². The molecule has 4 rings (SSSR count). The van der Waals surface area contributed by atoms with E-state index in [0.717, 1.165) is 28.0 Å². The Kier molecular flexibility index (Phi) is 4.36. The molecule has 6 nitrogen and oxygen atoms in total. The lowest BCUT2D eigenvalue weighted by Gasteiger charge is -2.33. The second kappa shape index (κ2) is 6.80. The average Bonchev–Trinajstić information content (AvgIpc) is 3.17. The van der Waals surface area contributed by atoms with Gasteiger partial charge in [-0.15, -0.1) is 0 Å².